The molecular weight excluding hydrogens is 248 g/mol. The van der Waals surface area contributed by atoms with Gasteiger partial charge in [-0.2, -0.15) is 0 Å². The van der Waals surface area contributed by atoms with Gasteiger partial charge in [0.25, 0.3) is 0 Å². The third kappa shape index (κ3) is 2.97. The van der Waals surface area contributed by atoms with Crippen molar-refractivity contribution in [3.05, 3.63) is 28.8 Å². The molecule has 4 heteroatoms. The second-order valence-electron chi connectivity index (χ2n) is 5.29. The Hall–Kier alpha value is -0.770. The van der Waals surface area contributed by atoms with Crippen molar-refractivity contribution in [2.24, 2.45) is 5.73 Å². The lowest BCUT2D eigenvalue weighted by molar-refractivity contribution is 0.0481. The van der Waals surface area contributed by atoms with E-state index in [1.807, 2.05) is 25.1 Å². The molecule has 1 aromatic carbocycles. The molecule has 0 spiro atoms. The van der Waals surface area contributed by atoms with Gasteiger partial charge >= 0.3 is 0 Å². The van der Waals surface area contributed by atoms with Crippen LogP contribution in [0.25, 0.3) is 0 Å². The predicted molar refractivity (Wildman–Crippen MR) is 76.0 cm³/mol. The summed E-state index contributed by atoms with van der Waals surface area (Å²) in [6.07, 6.45) is 2.58. The minimum atomic E-state index is -0.557. The van der Waals surface area contributed by atoms with Gasteiger partial charge in [-0.3, -0.25) is 0 Å². The van der Waals surface area contributed by atoms with Crippen LogP contribution in [0.3, 0.4) is 0 Å². The van der Waals surface area contributed by atoms with Crippen molar-refractivity contribution in [1.82, 2.24) is 0 Å². The second kappa shape index (κ2) is 5.47. The van der Waals surface area contributed by atoms with Crippen LogP contribution in [0, 0.1) is 0 Å². The highest BCUT2D eigenvalue weighted by Gasteiger charge is 2.26. The van der Waals surface area contributed by atoms with Crippen molar-refractivity contribution in [3.63, 3.8) is 0 Å². The SMILES string of the molecule is CC1(O)CCCN(c2c(Cl)cccc2CN)CC1. The maximum atomic E-state index is 10.1. The van der Waals surface area contributed by atoms with E-state index >= 15 is 0 Å². The zero-order valence-corrected chi connectivity index (χ0v) is 11.6. The van der Waals surface area contributed by atoms with Crippen molar-refractivity contribution in [2.75, 3.05) is 18.0 Å². The molecule has 1 aliphatic rings. The fourth-order valence-corrected chi connectivity index (χ4v) is 2.88. The maximum Gasteiger partial charge on any atom is 0.0642 e. The Balaban J connectivity index is 2.26. The summed E-state index contributed by atoms with van der Waals surface area (Å²) in [5, 5.41) is 10.9. The first kappa shape index (κ1) is 13.7. The Morgan fingerprint density at radius 1 is 1.39 bits per heavy atom. The van der Waals surface area contributed by atoms with Crippen LogP contribution in [0.4, 0.5) is 5.69 Å². The van der Waals surface area contributed by atoms with Gasteiger partial charge in [-0.15, -0.1) is 0 Å². The number of benzene rings is 1. The number of nitrogens with zero attached hydrogens (tertiary/aromatic N) is 1. The van der Waals surface area contributed by atoms with Gasteiger partial charge in [-0.05, 0) is 37.8 Å². The molecule has 1 heterocycles. The van der Waals surface area contributed by atoms with E-state index in [9.17, 15) is 5.11 Å². The Morgan fingerprint density at radius 3 is 2.89 bits per heavy atom. The van der Waals surface area contributed by atoms with E-state index in [2.05, 4.69) is 4.90 Å². The van der Waals surface area contributed by atoms with Gasteiger partial charge in [0.1, 0.15) is 0 Å². The molecule has 0 aromatic heterocycles. The summed E-state index contributed by atoms with van der Waals surface area (Å²) in [7, 11) is 0. The molecule has 0 saturated carbocycles. The number of hydrogen-bond acceptors (Lipinski definition) is 3. The zero-order valence-electron chi connectivity index (χ0n) is 10.8. The van der Waals surface area contributed by atoms with Crippen LogP contribution in [0.2, 0.25) is 5.02 Å². The molecule has 0 bridgehead atoms. The Labute approximate surface area is 114 Å². The van der Waals surface area contributed by atoms with Crippen LogP contribution in [-0.4, -0.2) is 23.8 Å². The molecule has 1 atom stereocenters. The minimum absolute atomic E-state index is 0.489. The van der Waals surface area contributed by atoms with Crippen molar-refractivity contribution in [1.29, 1.82) is 0 Å². The van der Waals surface area contributed by atoms with E-state index in [1.165, 1.54) is 0 Å². The van der Waals surface area contributed by atoms with Crippen molar-refractivity contribution in [3.8, 4) is 0 Å². The zero-order chi connectivity index (χ0) is 13.2. The highest BCUT2D eigenvalue weighted by molar-refractivity contribution is 6.33. The van der Waals surface area contributed by atoms with E-state index in [0.717, 1.165) is 48.6 Å². The summed E-state index contributed by atoms with van der Waals surface area (Å²) < 4.78 is 0. The van der Waals surface area contributed by atoms with Crippen LogP contribution in [0.15, 0.2) is 18.2 Å². The Morgan fingerprint density at radius 2 is 2.17 bits per heavy atom. The van der Waals surface area contributed by atoms with E-state index < -0.39 is 5.60 Å². The molecule has 1 aliphatic heterocycles. The Bertz CT molecular complexity index is 420. The molecule has 1 saturated heterocycles. The predicted octanol–water partition coefficient (Wildman–Crippen LogP) is 2.54. The average Bonchev–Trinajstić information content (AvgIpc) is 2.50. The lowest BCUT2D eigenvalue weighted by Crippen LogP contribution is -2.29. The first-order valence-corrected chi connectivity index (χ1v) is 6.86. The van der Waals surface area contributed by atoms with Gasteiger partial charge in [0, 0.05) is 19.6 Å². The van der Waals surface area contributed by atoms with Gasteiger partial charge in [-0.25, -0.2) is 0 Å². The topological polar surface area (TPSA) is 49.5 Å². The molecule has 0 amide bonds. The highest BCUT2D eigenvalue weighted by atomic mass is 35.5. The number of hydrogen-bond donors (Lipinski definition) is 2. The van der Waals surface area contributed by atoms with E-state index in [4.69, 9.17) is 17.3 Å². The Kier molecular flexibility index (Phi) is 4.15. The largest absolute Gasteiger partial charge is 0.390 e. The molecule has 3 N–H and O–H groups in total. The molecule has 1 unspecified atom stereocenters. The standard InChI is InChI=1S/C14H21ClN2O/c1-14(18)6-3-8-17(9-7-14)13-11(10-16)4-2-5-12(13)15/h2,4-5,18H,3,6-10,16H2,1H3. The van der Waals surface area contributed by atoms with Gasteiger partial charge in [-0.1, -0.05) is 23.7 Å². The third-order valence-corrected chi connectivity index (χ3v) is 3.98. The number of para-hydroxylation sites is 1. The summed E-state index contributed by atoms with van der Waals surface area (Å²) in [6.45, 7) is 4.15. The van der Waals surface area contributed by atoms with Crippen molar-refractivity contribution >= 4 is 17.3 Å². The van der Waals surface area contributed by atoms with Crippen molar-refractivity contribution < 1.29 is 5.11 Å². The summed E-state index contributed by atoms with van der Waals surface area (Å²) >= 11 is 6.31. The van der Waals surface area contributed by atoms with Crippen LogP contribution >= 0.6 is 11.6 Å². The first-order chi connectivity index (χ1) is 8.53. The minimum Gasteiger partial charge on any atom is -0.390 e. The fraction of sp³-hybridized carbons (Fsp3) is 0.571. The molecule has 1 aromatic rings. The maximum absolute atomic E-state index is 10.1. The van der Waals surface area contributed by atoms with Gasteiger partial charge < -0.3 is 15.7 Å². The number of halogens is 1. The van der Waals surface area contributed by atoms with Crippen LogP contribution in [0.5, 0.6) is 0 Å². The van der Waals surface area contributed by atoms with Gasteiger partial charge in [0.05, 0.1) is 16.3 Å². The molecule has 1 fully saturated rings. The normalized spacial score (nSPS) is 25.0. The summed E-state index contributed by atoms with van der Waals surface area (Å²) in [6, 6.07) is 5.85. The molecule has 0 radical (unpaired) electrons. The van der Waals surface area contributed by atoms with Crippen molar-refractivity contribution in [2.45, 2.75) is 38.3 Å². The number of aliphatic hydroxyl groups is 1. The lowest BCUT2D eigenvalue weighted by atomic mass is 9.98. The van der Waals surface area contributed by atoms with E-state index in [1.54, 1.807) is 0 Å². The summed E-state index contributed by atoms with van der Waals surface area (Å²) in [5.74, 6) is 0. The second-order valence-corrected chi connectivity index (χ2v) is 5.70. The van der Waals surface area contributed by atoms with E-state index in [0.29, 0.717) is 6.54 Å². The fourth-order valence-electron chi connectivity index (χ4n) is 2.57. The van der Waals surface area contributed by atoms with Gasteiger partial charge in [0.15, 0.2) is 0 Å². The first-order valence-electron chi connectivity index (χ1n) is 6.48. The van der Waals surface area contributed by atoms with E-state index in [-0.39, 0.29) is 0 Å². The lowest BCUT2D eigenvalue weighted by Gasteiger charge is -2.27. The van der Waals surface area contributed by atoms with Gasteiger partial charge in [0.2, 0.25) is 0 Å². The molecule has 0 aliphatic carbocycles. The average molecular weight is 269 g/mol. The number of rotatable bonds is 2. The third-order valence-electron chi connectivity index (χ3n) is 3.67. The number of nitrogens with two attached hydrogens (primary N) is 1. The molecular formula is C14H21ClN2O. The van der Waals surface area contributed by atoms with Crippen LogP contribution in [0.1, 0.15) is 31.7 Å². The summed E-state index contributed by atoms with van der Waals surface area (Å²) in [5.41, 5.74) is 7.34. The van der Waals surface area contributed by atoms with Crippen LogP contribution in [-0.2, 0) is 6.54 Å². The molecule has 100 valence electrons. The highest BCUT2D eigenvalue weighted by Crippen LogP contribution is 2.33. The molecule has 2 rings (SSSR count). The smallest absolute Gasteiger partial charge is 0.0642 e. The monoisotopic (exact) mass is 268 g/mol. The number of anilines is 1. The van der Waals surface area contributed by atoms with Crippen LogP contribution < -0.4 is 10.6 Å². The molecule has 3 nitrogen and oxygen atoms in total. The molecule has 18 heavy (non-hydrogen) atoms. The quantitative estimate of drug-likeness (QED) is 0.867. The summed E-state index contributed by atoms with van der Waals surface area (Å²) in [4.78, 5) is 2.26.